The van der Waals surface area contributed by atoms with Gasteiger partial charge in [-0.25, -0.2) is 0 Å². The molecule has 6 nitrogen and oxygen atoms in total. The summed E-state index contributed by atoms with van der Waals surface area (Å²) in [6.07, 6.45) is 4.55. The number of ketones is 2. The molecule has 0 fully saturated rings. The highest BCUT2D eigenvalue weighted by molar-refractivity contribution is 9.10. The van der Waals surface area contributed by atoms with Crippen LogP contribution >= 0.6 is 15.9 Å². The van der Waals surface area contributed by atoms with Crippen molar-refractivity contribution in [2.75, 3.05) is 0 Å². The average molecular weight is 667 g/mol. The molecule has 5 aromatic rings. The molecule has 1 aliphatic carbocycles. The van der Waals surface area contributed by atoms with Gasteiger partial charge >= 0.3 is 0 Å². The highest BCUT2D eigenvalue weighted by Gasteiger charge is 2.38. The van der Waals surface area contributed by atoms with Crippen molar-refractivity contribution in [1.82, 2.24) is 4.90 Å². The number of imide groups is 1. The van der Waals surface area contributed by atoms with Gasteiger partial charge in [0, 0.05) is 77.9 Å². The van der Waals surface area contributed by atoms with E-state index in [1.807, 2.05) is 32.0 Å². The fourth-order valence-electron chi connectivity index (χ4n) is 8.43. The number of nitrogens with zero attached hydrogens (tertiary/aromatic N) is 1. The number of phenolic OH excluding ortho intramolecular Hbond substituents is 1. The molecule has 2 amide bonds. The smallest absolute Gasteiger partial charge is 0.261 e. The summed E-state index contributed by atoms with van der Waals surface area (Å²) in [6.45, 7) is 8.22. The van der Waals surface area contributed by atoms with Crippen LogP contribution in [0, 0.1) is 11.8 Å². The normalized spacial score (nSPS) is 17.5. The number of hydrogen-bond donors (Lipinski definition) is 1. The topological polar surface area (TPSA) is 91.8 Å². The van der Waals surface area contributed by atoms with Crippen LogP contribution in [0.3, 0.4) is 0 Å². The van der Waals surface area contributed by atoms with Gasteiger partial charge in [0.15, 0.2) is 11.6 Å². The Kier molecular flexibility index (Phi) is 7.23. The van der Waals surface area contributed by atoms with E-state index in [0.717, 1.165) is 23.6 Å². The Morgan fingerprint density at radius 2 is 1.31 bits per heavy atom. The van der Waals surface area contributed by atoms with Gasteiger partial charge in [0.05, 0.1) is 0 Å². The maximum atomic E-state index is 14.1. The number of carbonyl (C=O) groups excluding carboxylic acids is 4. The van der Waals surface area contributed by atoms with Crippen LogP contribution in [-0.2, 0) is 0 Å². The van der Waals surface area contributed by atoms with Crippen molar-refractivity contribution in [3.8, 4) is 5.75 Å². The van der Waals surface area contributed by atoms with Crippen molar-refractivity contribution < 1.29 is 24.3 Å². The minimum atomic E-state index is -0.321. The molecule has 1 atom stereocenters. The second-order valence-corrected chi connectivity index (χ2v) is 13.7. The van der Waals surface area contributed by atoms with Gasteiger partial charge in [0.25, 0.3) is 11.8 Å². The van der Waals surface area contributed by atoms with E-state index in [9.17, 15) is 24.3 Å². The van der Waals surface area contributed by atoms with Crippen molar-refractivity contribution in [2.24, 2.45) is 11.8 Å². The number of rotatable bonds is 6. The number of benzene rings is 5. The number of aromatic hydroxyl groups is 1. The maximum absolute atomic E-state index is 14.1. The van der Waals surface area contributed by atoms with E-state index in [-0.39, 0.29) is 41.1 Å². The molecule has 1 N–H and O–H groups in total. The first-order valence-electron chi connectivity index (χ1n) is 16.2. The van der Waals surface area contributed by atoms with Gasteiger partial charge in [-0.05, 0) is 60.1 Å². The first-order valence-corrected chi connectivity index (χ1v) is 17.0. The Morgan fingerprint density at radius 3 is 1.98 bits per heavy atom. The van der Waals surface area contributed by atoms with E-state index in [4.69, 9.17) is 0 Å². The van der Waals surface area contributed by atoms with Gasteiger partial charge in [0.1, 0.15) is 5.75 Å². The van der Waals surface area contributed by atoms with Crippen LogP contribution in [0.1, 0.15) is 114 Å². The predicted molar refractivity (Wildman–Crippen MR) is 182 cm³/mol. The fourth-order valence-corrected chi connectivity index (χ4v) is 9.07. The van der Waals surface area contributed by atoms with Crippen LogP contribution in [0.5, 0.6) is 5.75 Å². The van der Waals surface area contributed by atoms with E-state index in [2.05, 4.69) is 29.8 Å². The summed E-state index contributed by atoms with van der Waals surface area (Å²) < 4.78 is 0.677. The minimum absolute atomic E-state index is 0.00195. The number of carbonyl (C=O) groups is 4. The zero-order chi connectivity index (χ0) is 31.9. The van der Waals surface area contributed by atoms with E-state index < -0.39 is 0 Å². The Morgan fingerprint density at radius 1 is 0.711 bits per heavy atom. The van der Waals surface area contributed by atoms with Crippen LogP contribution in [0.25, 0.3) is 43.1 Å². The zero-order valence-corrected chi connectivity index (χ0v) is 27.6. The number of phenols is 1. The Labute approximate surface area is 270 Å². The molecule has 1 unspecified atom stereocenters. The largest absolute Gasteiger partial charge is 0.507 e. The summed E-state index contributed by atoms with van der Waals surface area (Å²) in [7, 11) is 0. The molecule has 0 radical (unpaired) electrons. The zero-order valence-electron chi connectivity index (χ0n) is 26.1. The first-order chi connectivity index (χ1) is 21.7. The molecule has 230 valence electrons. The number of Topliss-reactive ketones (excluding diaryl/α,β-unsaturated/α-hetero) is 2. The van der Waals surface area contributed by atoms with Crippen molar-refractivity contribution in [2.45, 2.75) is 78.7 Å². The summed E-state index contributed by atoms with van der Waals surface area (Å²) in [5.41, 5.74) is 1.78. The molecule has 5 aromatic carbocycles. The molecule has 1 aliphatic heterocycles. The summed E-state index contributed by atoms with van der Waals surface area (Å²) in [5.74, 6) is -0.311. The second kappa shape index (κ2) is 10.9. The van der Waals surface area contributed by atoms with Gasteiger partial charge in [-0.1, -0.05) is 74.7 Å². The van der Waals surface area contributed by atoms with Crippen molar-refractivity contribution in [3.63, 3.8) is 0 Å². The Hall–Kier alpha value is -3.84. The third-order valence-electron chi connectivity index (χ3n) is 10.7. The Bertz CT molecular complexity index is 2110. The minimum Gasteiger partial charge on any atom is -0.507 e. The van der Waals surface area contributed by atoms with Crippen LogP contribution in [0.15, 0.2) is 40.9 Å². The lowest BCUT2D eigenvalue weighted by Crippen LogP contribution is -2.46. The van der Waals surface area contributed by atoms with Crippen molar-refractivity contribution >= 4 is 82.4 Å². The third-order valence-corrected chi connectivity index (χ3v) is 11.4. The van der Waals surface area contributed by atoms with E-state index in [1.54, 1.807) is 12.1 Å². The molecule has 0 aromatic heterocycles. The molecule has 0 spiro atoms. The molecular formula is C38H36BrNO5. The van der Waals surface area contributed by atoms with Crippen molar-refractivity contribution in [3.05, 3.63) is 63.1 Å². The molecule has 2 aliphatic rings. The lowest BCUT2D eigenvalue weighted by atomic mass is 9.80. The quantitative estimate of drug-likeness (QED) is 0.111. The average Bonchev–Trinajstić information content (AvgIpc) is 3.08. The van der Waals surface area contributed by atoms with Crippen LogP contribution in [0.2, 0.25) is 0 Å². The second-order valence-electron chi connectivity index (χ2n) is 12.8. The van der Waals surface area contributed by atoms with Gasteiger partial charge in [0.2, 0.25) is 0 Å². The van der Waals surface area contributed by atoms with Crippen LogP contribution < -0.4 is 0 Å². The first kappa shape index (κ1) is 29.8. The Balaban J connectivity index is 1.59. The molecule has 0 saturated heterocycles. The standard InChI is InChI=1S/C38H36BrNO5/c1-5-18(6-2)19-9-14-28(41)21-10-11-22-33-27(39)16-26-32-24(37(44)40(38(26)45)20(7-3)8-4)13-12-23(35(32)33)34-30(43)17-25(29(42)15-19)31(21)36(22)34/h10-13,16-20,43H,5-9,14-15H2,1-4H3. The van der Waals surface area contributed by atoms with E-state index >= 15 is 0 Å². The summed E-state index contributed by atoms with van der Waals surface area (Å²) in [6, 6.07) is 10.4. The lowest BCUT2D eigenvalue weighted by Gasteiger charge is -2.33. The van der Waals surface area contributed by atoms with Gasteiger partial charge in [-0.15, -0.1) is 0 Å². The molecule has 0 bridgehead atoms. The third kappa shape index (κ3) is 4.12. The van der Waals surface area contributed by atoms with Crippen LogP contribution in [0.4, 0.5) is 0 Å². The molecule has 45 heavy (non-hydrogen) atoms. The molecular weight excluding hydrogens is 630 g/mol. The van der Waals surface area contributed by atoms with E-state index in [0.29, 0.717) is 97.1 Å². The van der Waals surface area contributed by atoms with E-state index in [1.165, 1.54) is 11.0 Å². The highest BCUT2D eigenvalue weighted by Crippen LogP contribution is 2.51. The summed E-state index contributed by atoms with van der Waals surface area (Å²) in [5, 5.41) is 17.0. The maximum Gasteiger partial charge on any atom is 0.261 e. The SMILES string of the molecule is CCC(CC)C1CCC(=O)c2ccc3c4c(Br)cc5c6c(ccc(c7c(O)cc(c2c37)C(=O)C1)c64)C(=O)N(C(CC)CC)C5=O. The van der Waals surface area contributed by atoms with Gasteiger partial charge in [-0.2, -0.15) is 0 Å². The number of fused-ring (bicyclic) bond motifs is 2. The summed E-state index contributed by atoms with van der Waals surface area (Å²) >= 11 is 3.77. The molecule has 7 rings (SSSR count). The number of halogens is 1. The monoisotopic (exact) mass is 665 g/mol. The summed E-state index contributed by atoms with van der Waals surface area (Å²) in [4.78, 5) is 57.1. The molecule has 0 saturated carbocycles. The lowest BCUT2D eigenvalue weighted by molar-refractivity contribution is 0.0529. The highest BCUT2D eigenvalue weighted by atomic mass is 79.9. The van der Waals surface area contributed by atoms with Gasteiger partial charge < -0.3 is 5.11 Å². The van der Waals surface area contributed by atoms with Crippen LogP contribution in [-0.4, -0.2) is 39.4 Å². The molecule has 1 heterocycles. The van der Waals surface area contributed by atoms with Crippen molar-refractivity contribution in [1.29, 1.82) is 0 Å². The fraction of sp³-hybridized carbons (Fsp3) is 0.368. The molecule has 7 heteroatoms. The number of amides is 2. The predicted octanol–water partition coefficient (Wildman–Crippen LogP) is 9.59. The number of hydrogen-bond acceptors (Lipinski definition) is 5. The van der Waals surface area contributed by atoms with Gasteiger partial charge in [-0.3, -0.25) is 24.1 Å².